The fourth-order valence-corrected chi connectivity index (χ4v) is 3.07. The Kier molecular flexibility index (Phi) is 3.49. The highest BCUT2D eigenvalue weighted by Gasteiger charge is 2.26. The van der Waals surface area contributed by atoms with Crippen LogP contribution in [0.1, 0.15) is 12.8 Å². The number of sulfone groups is 1. The average Bonchev–Trinajstić information content (AvgIpc) is 2.31. The van der Waals surface area contributed by atoms with E-state index in [4.69, 9.17) is 5.73 Å². The van der Waals surface area contributed by atoms with Crippen molar-refractivity contribution < 1.29 is 8.42 Å². The first-order valence-electron chi connectivity index (χ1n) is 4.28. The molecule has 1 aliphatic heterocycles. The van der Waals surface area contributed by atoms with Crippen molar-refractivity contribution in [3.63, 3.8) is 0 Å². The van der Waals surface area contributed by atoms with Crippen molar-refractivity contribution in [1.82, 2.24) is 5.32 Å². The van der Waals surface area contributed by atoms with Crippen LogP contribution in [-0.2, 0) is 9.84 Å². The molecule has 3 N–H and O–H groups in total. The summed E-state index contributed by atoms with van der Waals surface area (Å²) in [7, 11) is -2.73. The van der Waals surface area contributed by atoms with Gasteiger partial charge >= 0.3 is 0 Å². The van der Waals surface area contributed by atoms with Gasteiger partial charge in [0.05, 0.1) is 11.5 Å². The molecule has 1 heterocycles. The van der Waals surface area contributed by atoms with Gasteiger partial charge in [0.15, 0.2) is 9.84 Å². The zero-order valence-electron chi connectivity index (χ0n) is 7.12. The third kappa shape index (κ3) is 3.08. The molecular formula is C7H16N2O2S. The Balaban J connectivity index is 2.20. The van der Waals surface area contributed by atoms with Crippen LogP contribution in [-0.4, -0.2) is 39.1 Å². The number of rotatable bonds is 4. The number of nitrogens with two attached hydrogens (primary N) is 1. The van der Waals surface area contributed by atoms with Gasteiger partial charge in [-0.3, -0.25) is 0 Å². The van der Waals surface area contributed by atoms with Crippen molar-refractivity contribution in [2.45, 2.75) is 18.9 Å². The molecule has 0 amide bonds. The first kappa shape index (κ1) is 9.95. The normalized spacial score (nSPS) is 27.6. The van der Waals surface area contributed by atoms with Gasteiger partial charge in [0.1, 0.15) is 0 Å². The van der Waals surface area contributed by atoms with E-state index in [1.807, 2.05) is 0 Å². The van der Waals surface area contributed by atoms with Gasteiger partial charge < -0.3 is 11.1 Å². The fourth-order valence-electron chi connectivity index (χ4n) is 1.36. The second kappa shape index (κ2) is 4.20. The Morgan fingerprint density at radius 2 is 2.25 bits per heavy atom. The standard InChI is InChI=1S/C7H16N2O2S/c8-3-1-4-9-7-2-5-12(10,11)6-7/h7,9H,1-6,8H2/t7-/m0/s1. The molecular weight excluding hydrogens is 176 g/mol. The van der Waals surface area contributed by atoms with Crippen molar-refractivity contribution in [1.29, 1.82) is 0 Å². The van der Waals surface area contributed by atoms with E-state index in [0.717, 1.165) is 19.4 Å². The molecule has 1 atom stereocenters. The first-order chi connectivity index (χ1) is 5.64. The van der Waals surface area contributed by atoms with Crippen LogP contribution in [0, 0.1) is 0 Å². The Morgan fingerprint density at radius 1 is 1.50 bits per heavy atom. The summed E-state index contributed by atoms with van der Waals surface area (Å²) in [4.78, 5) is 0. The molecule has 5 heteroatoms. The minimum Gasteiger partial charge on any atom is -0.330 e. The smallest absolute Gasteiger partial charge is 0.151 e. The third-order valence-electron chi connectivity index (χ3n) is 2.05. The molecule has 12 heavy (non-hydrogen) atoms. The molecule has 0 spiro atoms. The molecule has 1 saturated heterocycles. The maximum absolute atomic E-state index is 11.0. The molecule has 1 rings (SSSR count). The molecule has 0 radical (unpaired) electrons. The molecule has 0 aromatic carbocycles. The Hall–Kier alpha value is -0.130. The van der Waals surface area contributed by atoms with Crippen LogP contribution >= 0.6 is 0 Å². The second-order valence-corrected chi connectivity index (χ2v) is 5.43. The summed E-state index contributed by atoms with van der Waals surface area (Å²) in [6.45, 7) is 1.49. The molecule has 1 fully saturated rings. The lowest BCUT2D eigenvalue weighted by molar-refractivity contribution is 0.545. The van der Waals surface area contributed by atoms with E-state index in [1.165, 1.54) is 0 Å². The Bertz CT molecular complexity index is 226. The summed E-state index contributed by atoms with van der Waals surface area (Å²) in [6, 6.07) is 0.168. The van der Waals surface area contributed by atoms with E-state index >= 15 is 0 Å². The molecule has 72 valence electrons. The minimum absolute atomic E-state index is 0.168. The zero-order valence-corrected chi connectivity index (χ0v) is 7.94. The van der Waals surface area contributed by atoms with Gasteiger partial charge in [0.2, 0.25) is 0 Å². The molecule has 1 aliphatic rings. The molecule has 0 saturated carbocycles. The van der Waals surface area contributed by atoms with E-state index in [9.17, 15) is 8.42 Å². The summed E-state index contributed by atoms with van der Waals surface area (Å²) < 4.78 is 22.0. The fraction of sp³-hybridized carbons (Fsp3) is 1.00. The second-order valence-electron chi connectivity index (χ2n) is 3.20. The largest absolute Gasteiger partial charge is 0.330 e. The lowest BCUT2D eigenvalue weighted by Crippen LogP contribution is -2.31. The lowest BCUT2D eigenvalue weighted by Gasteiger charge is -2.08. The summed E-state index contributed by atoms with van der Waals surface area (Å²) in [6.07, 6.45) is 1.67. The monoisotopic (exact) mass is 192 g/mol. The first-order valence-corrected chi connectivity index (χ1v) is 6.10. The predicted octanol–water partition coefficient (Wildman–Crippen LogP) is -0.888. The van der Waals surface area contributed by atoms with Crippen molar-refractivity contribution in [3.8, 4) is 0 Å². The quantitative estimate of drug-likeness (QED) is 0.567. The van der Waals surface area contributed by atoms with Gasteiger partial charge in [0, 0.05) is 6.04 Å². The Morgan fingerprint density at radius 3 is 2.75 bits per heavy atom. The van der Waals surface area contributed by atoms with Crippen molar-refractivity contribution in [2.75, 3.05) is 24.6 Å². The molecule has 0 bridgehead atoms. The number of nitrogens with one attached hydrogen (secondary N) is 1. The molecule has 0 aliphatic carbocycles. The van der Waals surface area contributed by atoms with Gasteiger partial charge in [-0.2, -0.15) is 0 Å². The highest BCUT2D eigenvalue weighted by atomic mass is 32.2. The van der Waals surface area contributed by atoms with Crippen molar-refractivity contribution >= 4 is 9.84 Å². The maximum Gasteiger partial charge on any atom is 0.151 e. The van der Waals surface area contributed by atoms with Crippen LogP contribution in [0.15, 0.2) is 0 Å². The molecule has 0 aromatic rings. The van der Waals surface area contributed by atoms with Crippen LogP contribution in [0.5, 0.6) is 0 Å². The molecule has 4 nitrogen and oxygen atoms in total. The van der Waals surface area contributed by atoms with Gasteiger partial charge in [-0.15, -0.1) is 0 Å². The van der Waals surface area contributed by atoms with Crippen LogP contribution < -0.4 is 11.1 Å². The Labute approximate surface area is 73.4 Å². The SMILES string of the molecule is NCCCN[C@H]1CCS(=O)(=O)C1. The van der Waals surface area contributed by atoms with E-state index in [1.54, 1.807) is 0 Å². The highest BCUT2D eigenvalue weighted by Crippen LogP contribution is 2.10. The minimum atomic E-state index is -2.73. The highest BCUT2D eigenvalue weighted by molar-refractivity contribution is 7.91. The van der Waals surface area contributed by atoms with Crippen LogP contribution in [0.2, 0.25) is 0 Å². The van der Waals surface area contributed by atoms with Gasteiger partial charge in [0.25, 0.3) is 0 Å². The topological polar surface area (TPSA) is 72.2 Å². The van der Waals surface area contributed by atoms with Crippen molar-refractivity contribution in [3.05, 3.63) is 0 Å². The van der Waals surface area contributed by atoms with E-state index < -0.39 is 9.84 Å². The van der Waals surface area contributed by atoms with E-state index in [-0.39, 0.29) is 6.04 Å². The number of hydrogen-bond acceptors (Lipinski definition) is 4. The van der Waals surface area contributed by atoms with Crippen molar-refractivity contribution in [2.24, 2.45) is 5.73 Å². The lowest BCUT2D eigenvalue weighted by atomic mass is 10.2. The summed E-state index contributed by atoms with van der Waals surface area (Å²) in [5.74, 6) is 0.644. The summed E-state index contributed by atoms with van der Waals surface area (Å²) >= 11 is 0. The summed E-state index contributed by atoms with van der Waals surface area (Å²) in [5.41, 5.74) is 5.31. The van der Waals surface area contributed by atoms with Crippen LogP contribution in [0.4, 0.5) is 0 Å². The third-order valence-corrected chi connectivity index (χ3v) is 3.81. The van der Waals surface area contributed by atoms with Gasteiger partial charge in [-0.1, -0.05) is 0 Å². The number of hydrogen-bond donors (Lipinski definition) is 2. The van der Waals surface area contributed by atoms with Crippen LogP contribution in [0.3, 0.4) is 0 Å². The summed E-state index contributed by atoms with van der Waals surface area (Å²) in [5, 5.41) is 3.18. The van der Waals surface area contributed by atoms with Gasteiger partial charge in [-0.05, 0) is 25.9 Å². The van der Waals surface area contributed by atoms with Crippen LogP contribution in [0.25, 0.3) is 0 Å². The van der Waals surface area contributed by atoms with Gasteiger partial charge in [-0.25, -0.2) is 8.42 Å². The van der Waals surface area contributed by atoms with E-state index in [0.29, 0.717) is 18.1 Å². The zero-order chi connectivity index (χ0) is 9.03. The molecule has 0 unspecified atom stereocenters. The maximum atomic E-state index is 11.0. The van der Waals surface area contributed by atoms with E-state index in [2.05, 4.69) is 5.32 Å². The molecule has 0 aromatic heterocycles. The average molecular weight is 192 g/mol. The predicted molar refractivity (Wildman–Crippen MR) is 48.7 cm³/mol.